The molecule has 2 amide bonds. The van der Waals surface area contributed by atoms with Crippen molar-refractivity contribution in [3.63, 3.8) is 0 Å². The standard InChI is InChI=1S/C20H24FN3O2/c1-4-18(20(26)24-16-7-5-14(21)6-8-16)22-15-9-11-17(12-10-15)23-19(25)13(2)3/h5-13,18,22H,4H2,1-3H3,(H,23,25)(H,24,26)/t18-/m1/s1. The van der Waals surface area contributed by atoms with Gasteiger partial charge in [-0.3, -0.25) is 9.59 Å². The summed E-state index contributed by atoms with van der Waals surface area (Å²) in [5.74, 6) is -0.683. The molecule has 0 aliphatic carbocycles. The zero-order valence-corrected chi connectivity index (χ0v) is 15.2. The topological polar surface area (TPSA) is 70.2 Å². The first-order chi connectivity index (χ1) is 12.4. The third-order valence-corrected chi connectivity index (χ3v) is 3.85. The molecular weight excluding hydrogens is 333 g/mol. The third kappa shape index (κ3) is 5.58. The molecule has 26 heavy (non-hydrogen) atoms. The zero-order valence-electron chi connectivity index (χ0n) is 15.2. The number of hydrogen-bond donors (Lipinski definition) is 3. The van der Waals surface area contributed by atoms with Gasteiger partial charge in [-0.1, -0.05) is 20.8 Å². The fourth-order valence-electron chi connectivity index (χ4n) is 2.25. The van der Waals surface area contributed by atoms with Crippen molar-refractivity contribution < 1.29 is 14.0 Å². The molecule has 1 atom stereocenters. The average molecular weight is 357 g/mol. The highest BCUT2D eigenvalue weighted by atomic mass is 19.1. The molecule has 0 heterocycles. The van der Waals surface area contributed by atoms with E-state index in [1.54, 1.807) is 12.1 Å². The Morgan fingerprint density at radius 1 is 0.846 bits per heavy atom. The van der Waals surface area contributed by atoms with Crippen molar-refractivity contribution in [2.24, 2.45) is 5.92 Å². The lowest BCUT2D eigenvalue weighted by atomic mass is 10.1. The average Bonchev–Trinajstić information content (AvgIpc) is 2.62. The molecule has 0 unspecified atom stereocenters. The van der Waals surface area contributed by atoms with E-state index in [-0.39, 0.29) is 23.5 Å². The normalized spacial score (nSPS) is 11.7. The molecule has 0 aliphatic heterocycles. The van der Waals surface area contributed by atoms with E-state index in [1.165, 1.54) is 24.3 Å². The minimum absolute atomic E-state index is 0.0455. The van der Waals surface area contributed by atoms with E-state index < -0.39 is 6.04 Å². The van der Waals surface area contributed by atoms with Crippen LogP contribution in [0.5, 0.6) is 0 Å². The maximum atomic E-state index is 12.9. The quantitative estimate of drug-likeness (QED) is 0.694. The van der Waals surface area contributed by atoms with E-state index in [0.717, 1.165) is 5.69 Å². The summed E-state index contributed by atoms with van der Waals surface area (Å²) in [5, 5.41) is 8.75. The highest BCUT2D eigenvalue weighted by Gasteiger charge is 2.16. The number of halogens is 1. The lowest BCUT2D eigenvalue weighted by molar-refractivity contribution is -0.119. The molecule has 0 aliphatic rings. The van der Waals surface area contributed by atoms with Crippen molar-refractivity contribution in [1.29, 1.82) is 0 Å². The second-order valence-corrected chi connectivity index (χ2v) is 6.32. The van der Waals surface area contributed by atoms with Crippen LogP contribution in [0.15, 0.2) is 48.5 Å². The van der Waals surface area contributed by atoms with Gasteiger partial charge in [0.25, 0.3) is 0 Å². The molecule has 0 fully saturated rings. The molecule has 0 radical (unpaired) electrons. The Morgan fingerprint density at radius 2 is 1.31 bits per heavy atom. The van der Waals surface area contributed by atoms with Crippen molar-refractivity contribution in [2.75, 3.05) is 16.0 Å². The Labute approximate surface area is 153 Å². The highest BCUT2D eigenvalue weighted by molar-refractivity contribution is 5.96. The van der Waals surface area contributed by atoms with Crippen LogP contribution in [0.3, 0.4) is 0 Å². The fourth-order valence-corrected chi connectivity index (χ4v) is 2.25. The molecule has 0 spiro atoms. The number of rotatable bonds is 7. The largest absolute Gasteiger partial charge is 0.374 e. The van der Waals surface area contributed by atoms with Crippen LogP contribution in [0.25, 0.3) is 0 Å². The SMILES string of the molecule is CC[C@@H](Nc1ccc(NC(=O)C(C)C)cc1)C(=O)Nc1ccc(F)cc1. The molecule has 3 N–H and O–H groups in total. The van der Waals surface area contributed by atoms with Gasteiger partial charge in [0.2, 0.25) is 11.8 Å². The maximum Gasteiger partial charge on any atom is 0.246 e. The lowest BCUT2D eigenvalue weighted by Gasteiger charge is -2.18. The van der Waals surface area contributed by atoms with Crippen molar-refractivity contribution in [3.05, 3.63) is 54.3 Å². The van der Waals surface area contributed by atoms with Crippen LogP contribution in [0.4, 0.5) is 21.5 Å². The van der Waals surface area contributed by atoms with Gasteiger partial charge in [0.05, 0.1) is 0 Å². The van der Waals surface area contributed by atoms with Gasteiger partial charge in [0, 0.05) is 23.0 Å². The summed E-state index contributed by atoms with van der Waals surface area (Å²) in [4.78, 5) is 24.1. The molecule has 0 saturated carbocycles. The third-order valence-electron chi connectivity index (χ3n) is 3.85. The van der Waals surface area contributed by atoms with Crippen molar-refractivity contribution in [3.8, 4) is 0 Å². The molecule has 0 saturated heterocycles. The summed E-state index contributed by atoms with van der Waals surface area (Å²) >= 11 is 0. The number of carbonyl (C=O) groups excluding carboxylic acids is 2. The summed E-state index contributed by atoms with van der Waals surface area (Å²) in [7, 11) is 0. The van der Waals surface area contributed by atoms with E-state index in [4.69, 9.17) is 0 Å². The molecule has 5 nitrogen and oxygen atoms in total. The fraction of sp³-hybridized carbons (Fsp3) is 0.300. The van der Waals surface area contributed by atoms with Crippen molar-refractivity contribution >= 4 is 28.9 Å². The van der Waals surface area contributed by atoms with Gasteiger partial charge in [-0.05, 0) is 55.0 Å². The van der Waals surface area contributed by atoms with Crippen LogP contribution in [-0.4, -0.2) is 17.9 Å². The highest BCUT2D eigenvalue weighted by Crippen LogP contribution is 2.17. The van der Waals surface area contributed by atoms with E-state index in [0.29, 0.717) is 17.8 Å². The molecule has 0 bridgehead atoms. The number of benzene rings is 2. The van der Waals surface area contributed by atoms with Crippen LogP contribution in [0.1, 0.15) is 27.2 Å². The minimum atomic E-state index is -0.434. The molecular formula is C20H24FN3O2. The van der Waals surface area contributed by atoms with Gasteiger partial charge in [0.15, 0.2) is 0 Å². The predicted molar refractivity (Wildman–Crippen MR) is 103 cm³/mol. The van der Waals surface area contributed by atoms with E-state index in [9.17, 15) is 14.0 Å². The summed E-state index contributed by atoms with van der Waals surface area (Å²) in [6, 6.07) is 12.4. The lowest BCUT2D eigenvalue weighted by Crippen LogP contribution is -2.34. The predicted octanol–water partition coefficient (Wildman–Crippen LogP) is 4.25. The molecule has 6 heteroatoms. The number of anilines is 3. The Bertz CT molecular complexity index is 743. The molecule has 2 aromatic rings. The van der Waals surface area contributed by atoms with E-state index in [2.05, 4.69) is 16.0 Å². The smallest absolute Gasteiger partial charge is 0.246 e. The summed E-state index contributed by atoms with van der Waals surface area (Å²) in [6.45, 7) is 5.56. The maximum absolute atomic E-state index is 12.9. The van der Waals surface area contributed by atoms with Crippen molar-refractivity contribution in [1.82, 2.24) is 0 Å². The first-order valence-corrected chi connectivity index (χ1v) is 8.63. The summed E-state index contributed by atoms with van der Waals surface area (Å²) < 4.78 is 12.9. The molecule has 2 rings (SSSR count). The first kappa shape index (κ1) is 19.4. The van der Waals surface area contributed by atoms with Gasteiger partial charge in [-0.25, -0.2) is 4.39 Å². The number of hydrogen-bond acceptors (Lipinski definition) is 3. The summed E-state index contributed by atoms with van der Waals surface area (Å²) in [5.41, 5.74) is 2.02. The van der Waals surface area contributed by atoms with Gasteiger partial charge < -0.3 is 16.0 Å². The van der Waals surface area contributed by atoms with Gasteiger partial charge in [0.1, 0.15) is 11.9 Å². The molecule has 138 valence electrons. The zero-order chi connectivity index (χ0) is 19.1. The Hall–Kier alpha value is -2.89. The van der Waals surface area contributed by atoms with E-state index >= 15 is 0 Å². The van der Waals surface area contributed by atoms with Crippen LogP contribution in [0, 0.1) is 11.7 Å². The Balaban J connectivity index is 1.97. The molecule has 0 aromatic heterocycles. The van der Waals surface area contributed by atoms with Crippen molar-refractivity contribution in [2.45, 2.75) is 33.2 Å². The van der Waals surface area contributed by atoms with Crippen LogP contribution in [-0.2, 0) is 9.59 Å². The van der Waals surface area contributed by atoms with E-state index in [1.807, 2.05) is 32.9 Å². The van der Waals surface area contributed by atoms with Gasteiger partial charge >= 0.3 is 0 Å². The molecule has 2 aromatic carbocycles. The van der Waals surface area contributed by atoms with Crippen LogP contribution >= 0.6 is 0 Å². The number of nitrogens with one attached hydrogen (secondary N) is 3. The minimum Gasteiger partial charge on any atom is -0.374 e. The second-order valence-electron chi connectivity index (χ2n) is 6.32. The van der Waals surface area contributed by atoms with Gasteiger partial charge in [-0.15, -0.1) is 0 Å². The Morgan fingerprint density at radius 3 is 1.81 bits per heavy atom. The summed E-state index contributed by atoms with van der Waals surface area (Å²) in [6.07, 6.45) is 0.582. The first-order valence-electron chi connectivity index (χ1n) is 8.63. The number of carbonyl (C=O) groups is 2. The monoisotopic (exact) mass is 357 g/mol. The number of amides is 2. The van der Waals surface area contributed by atoms with Crippen LogP contribution in [0.2, 0.25) is 0 Å². The second kappa shape index (κ2) is 8.99. The van der Waals surface area contributed by atoms with Gasteiger partial charge in [-0.2, -0.15) is 0 Å². The van der Waals surface area contributed by atoms with Crippen LogP contribution < -0.4 is 16.0 Å². The Kier molecular flexibility index (Phi) is 6.72.